The third kappa shape index (κ3) is 4.72. The third-order valence-electron chi connectivity index (χ3n) is 5.33. The zero-order chi connectivity index (χ0) is 16.3. The van der Waals surface area contributed by atoms with E-state index < -0.39 is 5.97 Å². The fraction of sp³-hybridized carbons (Fsp3) is 0.889. The standard InChI is InChI=1S/C18H31NO3/c1-13-9-15(11-18(2,3)10-13)17(22)19-8-4-5-14(12-19)6-7-16(20)21/h13-15H,4-12H2,1-3H3,(H,20,21). The van der Waals surface area contributed by atoms with E-state index in [-0.39, 0.29) is 17.8 Å². The Bertz CT molecular complexity index is 419. The first kappa shape index (κ1) is 17.3. The van der Waals surface area contributed by atoms with Gasteiger partial charge in [0.1, 0.15) is 0 Å². The average Bonchev–Trinajstić information content (AvgIpc) is 2.42. The molecule has 0 bridgehead atoms. The molecule has 1 aliphatic carbocycles. The molecule has 2 fully saturated rings. The van der Waals surface area contributed by atoms with Gasteiger partial charge < -0.3 is 10.0 Å². The van der Waals surface area contributed by atoms with E-state index in [1.807, 2.05) is 4.90 Å². The lowest BCUT2D eigenvalue weighted by molar-refractivity contribution is -0.140. The molecule has 22 heavy (non-hydrogen) atoms. The number of carbonyl (C=O) groups excluding carboxylic acids is 1. The number of piperidine rings is 1. The Morgan fingerprint density at radius 2 is 2.00 bits per heavy atom. The highest BCUT2D eigenvalue weighted by atomic mass is 16.4. The van der Waals surface area contributed by atoms with Crippen molar-refractivity contribution in [3.8, 4) is 0 Å². The fourth-order valence-corrected chi connectivity index (χ4v) is 4.62. The van der Waals surface area contributed by atoms with Crippen molar-refractivity contribution in [3.63, 3.8) is 0 Å². The van der Waals surface area contributed by atoms with Gasteiger partial charge in [0.25, 0.3) is 0 Å². The van der Waals surface area contributed by atoms with E-state index in [4.69, 9.17) is 5.11 Å². The molecular weight excluding hydrogens is 278 g/mol. The Hall–Kier alpha value is -1.06. The Morgan fingerprint density at radius 3 is 2.64 bits per heavy atom. The number of carbonyl (C=O) groups is 2. The second-order valence-electron chi connectivity index (χ2n) is 8.34. The van der Waals surface area contributed by atoms with Gasteiger partial charge in [0.05, 0.1) is 0 Å². The SMILES string of the molecule is CC1CC(C(=O)N2CCCC(CCC(=O)O)C2)CC(C)(C)C1. The first-order chi connectivity index (χ1) is 10.3. The quantitative estimate of drug-likeness (QED) is 0.864. The van der Waals surface area contributed by atoms with Crippen LogP contribution in [0.2, 0.25) is 0 Å². The van der Waals surface area contributed by atoms with Crippen molar-refractivity contribution in [2.75, 3.05) is 13.1 Å². The van der Waals surface area contributed by atoms with Gasteiger partial charge in [-0.1, -0.05) is 20.8 Å². The van der Waals surface area contributed by atoms with E-state index in [9.17, 15) is 9.59 Å². The fourth-order valence-electron chi connectivity index (χ4n) is 4.62. The summed E-state index contributed by atoms with van der Waals surface area (Å²) in [4.78, 5) is 25.6. The number of carboxylic acid groups (broad SMARTS) is 1. The molecule has 4 heteroatoms. The molecule has 1 amide bonds. The minimum Gasteiger partial charge on any atom is -0.481 e. The van der Waals surface area contributed by atoms with Gasteiger partial charge >= 0.3 is 5.97 Å². The molecule has 1 saturated carbocycles. The minimum atomic E-state index is -0.730. The molecular formula is C18H31NO3. The molecule has 1 aliphatic heterocycles. The average molecular weight is 309 g/mol. The molecule has 0 spiro atoms. The topological polar surface area (TPSA) is 57.6 Å². The molecule has 2 aliphatic rings. The summed E-state index contributed by atoms with van der Waals surface area (Å²) in [5.41, 5.74) is 0.260. The van der Waals surface area contributed by atoms with E-state index in [0.29, 0.717) is 24.2 Å². The van der Waals surface area contributed by atoms with Gasteiger partial charge in [0.15, 0.2) is 0 Å². The van der Waals surface area contributed by atoms with E-state index >= 15 is 0 Å². The van der Waals surface area contributed by atoms with Crippen LogP contribution < -0.4 is 0 Å². The number of aliphatic carboxylic acids is 1. The highest BCUT2D eigenvalue weighted by Gasteiger charge is 2.38. The van der Waals surface area contributed by atoms with Crippen LogP contribution in [0, 0.1) is 23.2 Å². The summed E-state index contributed by atoms with van der Waals surface area (Å²) in [6.07, 6.45) is 6.21. The molecule has 1 heterocycles. The number of amides is 1. The zero-order valence-corrected chi connectivity index (χ0v) is 14.3. The molecule has 2 rings (SSSR count). The molecule has 0 radical (unpaired) electrons. The van der Waals surface area contributed by atoms with Crippen LogP contribution in [0.3, 0.4) is 0 Å². The summed E-state index contributed by atoms with van der Waals surface area (Å²) in [6, 6.07) is 0. The maximum Gasteiger partial charge on any atom is 0.303 e. The molecule has 0 aromatic carbocycles. The van der Waals surface area contributed by atoms with Gasteiger partial charge in [0.2, 0.25) is 5.91 Å². The van der Waals surface area contributed by atoms with E-state index in [1.54, 1.807) is 0 Å². The van der Waals surface area contributed by atoms with Crippen LogP contribution >= 0.6 is 0 Å². The predicted octanol–water partition coefficient (Wildman–Crippen LogP) is 3.55. The molecule has 126 valence electrons. The van der Waals surface area contributed by atoms with Crippen molar-refractivity contribution in [2.45, 2.75) is 65.7 Å². The van der Waals surface area contributed by atoms with Crippen LogP contribution in [0.15, 0.2) is 0 Å². The number of hydrogen-bond donors (Lipinski definition) is 1. The van der Waals surface area contributed by atoms with Crippen LogP contribution in [0.5, 0.6) is 0 Å². The third-order valence-corrected chi connectivity index (χ3v) is 5.33. The Labute approximate surface area is 134 Å². The van der Waals surface area contributed by atoms with Crippen molar-refractivity contribution < 1.29 is 14.7 Å². The number of carboxylic acids is 1. The largest absolute Gasteiger partial charge is 0.481 e. The monoisotopic (exact) mass is 309 g/mol. The summed E-state index contributed by atoms with van der Waals surface area (Å²) in [5.74, 6) is 0.732. The van der Waals surface area contributed by atoms with Gasteiger partial charge in [-0.05, 0) is 55.8 Å². The van der Waals surface area contributed by atoms with Crippen molar-refractivity contribution in [1.29, 1.82) is 0 Å². The van der Waals surface area contributed by atoms with Crippen molar-refractivity contribution in [1.82, 2.24) is 4.90 Å². The first-order valence-electron chi connectivity index (χ1n) is 8.77. The molecule has 4 nitrogen and oxygen atoms in total. The van der Waals surface area contributed by atoms with Gasteiger partial charge in [-0.15, -0.1) is 0 Å². The molecule has 0 aromatic heterocycles. The van der Waals surface area contributed by atoms with Crippen molar-refractivity contribution in [2.24, 2.45) is 23.2 Å². The second-order valence-corrected chi connectivity index (χ2v) is 8.34. The van der Waals surface area contributed by atoms with Crippen LogP contribution in [-0.4, -0.2) is 35.0 Å². The Balaban J connectivity index is 1.92. The lowest BCUT2D eigenvalue weighted by atomic mass is 9.67. The molecule has 1 N–H and O–H groups in total. The smallest absolute Gasteiger partial charge is 0.303 e. The summed E-state index contributed by atoms with van der Waals surface area (Å²) in [7, 11) is 0. The van der Waals surface area contributed by atoms with Gasteiger partial charge in [0, 0.05) is 25.4 Å². The Morgan fingerprint density at radius 1 is 1.27 bits per heavy atom. The summed E-state index contributed by atoms with van der Waals surface area (Å²) in [6.45, 7) is 8.42. The number of nitrogens with zero attached hydrogens (tertiary/aromatic N) is 1. The number of likely N-dealkylation sites (tertiary alicyclic amines) is 1. The minimum absolute atomic E-state index is 0.164. The highest BCUT2D eigenvalue weighted by Crippen LogP contribution is 2.42. The molecule has 1 saturated heterocycles. The maximum absolute atomic E-state index is 12.9. The number of rotatable bonds is 4. The second kappa shape index (κ2) is 7.01. The van der Waals surface area contributed by atoms with Gasteiger partial charge in [-0.25, -0.2) is 0 Å². The van der Waals surface area contributed by atoms with Crippen LogP contribution in [0.1, 0.15) is 65.7 Å². The van der Waals surface area contributed by atoms with Gasteiger partial charge in [-0.2, -0.15) is 0 Å². The normalized spacial score (nSPS) is 31.8. The first-order valence-corrected chi connectivity index (χ1v) is 8.77. The Kier molecular flexibility index (Phi) is 5.51. The van der Waals surface area contributed by atoms with E-state index in [1.165, 1.54) is 6.42 Å². The van der Waals surface area contributed by atoms with Crippen LogP contribution in [-0.2, 0) is 9.59 Å². The summed E-state index contributed by atoms with van der Waals surface area (Å²) in [5, 5.41) is 8.83. The van der Waals surface area contributed by atoms with Crippen LogP contribution in [0.4, 0.5) is 0 Å². The van der Waals surface area contributed by atoms with Crippen molar-refractivity contribution >= 4 is 11.9 Å². The van der Waals surface area contributed by atoms with E-state index in [2.05, 4.69) is 20.8 Å². The van der Waals surface area contributed by atoms with Crippen molar-refractivity contribution in [3.05, 3.63) is 0 Å². The zero-order valence-electron chi connectivity index (χ0n) is 14.3. The molecule has 3 atom stereocenters. The van der Waals surface area contributed by atoms with Gasteiger partial charge in [-0.3, -0.25) is 9.59 Å². The lowest BCUT2D eigenvalue weighted by Gasteiger charge is -2.41. The lowest BCUT2D eigenvalue weighted by Crippen LogP contribution is -2.45. The predicted molar refractivity (Wildman–Crippen MR) is 86.5 cm³/mol. The van der Waals surface area contributed by atoms with Crippen LogP contribution in [0.25, 0.3) is 0 Å². The van der Waals surface area contributed by atoms with E-state index in [0.717, 1.165) is 38.8 Å². The summed E-state index contributed by atoms with van der Waals surface area (Å²) >= 11 is 0. The number of hydrogen-bond acceptors (Lipinski definition) is 2. The molecule has 3 unspecified atom stereocenters. The highest BCUT2D eigenvalue weighted by molar-refractivity contribution is 5.79. The molecule has 0 aromatic rings. The summed E-state index contributed by atoms with van der Waals surface area (Å²) < 4.78 is 0. The maximum atomic E-state index is 12.9.